The highest BCUT2D eigenvalue weighted by molar-refractivity contribution is 5.70. The van der Waals surface area contributed by atoms with Crippen LogP contribution in [0.4, 0.5) is 0 Å². The van der Waals surface area contributed by atoms with Gasteiger partial charge in [-0.2, -0.15) is 0 Å². The molecule has 0 bridgehead atoms. The molecule has 0 radical (unpaired) electrons. The van der Waals surface area contributed by atoms with E-state index in [1.807, 2.05) is 0 Å². The number of carbonyl (C=O) groups is 2. The van der Waals surface area contributed by atoms with E-state index in [1.54, 1.807) is 0 Å². The Bertz CT molecular complexity index is 873. The second-order valence-electron chi connectivity index (χ2n) is 18.9. The molecular weight excluding hydrogens is 733 g/mol. The molecule has 59 heavy (non-hydrogen) atoms. The number of aliphatic hydroxyl groups excluding tert-OH is 1. The lowest BCUT2D eigenvalue weighted by atomic mass is 9.91. The van der Waals surface area contributed by atoms with Crippen LogP contribution < -0.4 is 0 Å². The van der Waals surface area contributed by atoms with Gasteiger partial charge in [0.1, 0.15) is 0 Å². The normalized spacial score (nSPS) is 14.8. The van der Waals surface area contributed by atoms with Gasteiger partial charge in [0.05, 0.1) is 19.8 Å². The zero-order valence-electron chi connectivity index (χ0n) is 40.3. The Kier molecular flexibility index (Phi) is 38.7. The maximum absolute atomic E-state index is 13.4. The van der Waals surface area contributed by atoms with E-state index < -0.39 is 0 Å². The highest BCUT2D eigenvalue weighted by atomic mass is 16.5. The topological polar surface area (TPSA) is 79.3 Å². The summed E-state index contributed by atoms with van der Waals surface area (Å²) >= 11 is 0. The maximum Gasteiger partial charge on any atom is 0.306 e. The zero-order chi connectivity index (χ0) is 43.0. The van der Waals surface area contributed by atoms with Crippen molar-refractivity contribution in [3.8, 4) is 0 Å². The molecule has 0 aromatic heterocycles. The lowest BCUT2D eigenvalue weighted by Crippen LogP contribution is -2.45. The van der Waals surface area contributed by atoms with Gasteiger partial charge in [-0.25, -0.2) is 0 Å². The summed E-state index contributed by atoms with van der Waals surface area (Å²) in [5.74, 6) is 0.730. The van der Waals surface area contributed by atoms with Crippen LogP contribution in [-0.2, 0) is 19.1 Å². The molecule has 1 saturated carbocycles. The van der Waals surface area contributed by atoms with Crippen LogP contribution in [0.1, 0.15) is 247 Å². The van der Waals surface area contributed by atoms with Crippen molar-refractivity contribution in [2.45, 2.75) is 253 Å². The minimum Gasteiger partial charge on any atom is -0.465 e. The Morgan fingerprint density at radius 2 is 0.881 bits per heavy atom. The van der Waals surface area contributed by atoms with Crippen molar-refractivity contribution in [3.05, 3.63) is 0 Å². The highest BCUT2D eigenvalue weighted by Crippen LogP contribution is 2.27. The number of carbonyl (C=O) groups excluding carboxylic acids is 2. The number of ether oxygens (including phenoxy) is 2. The van der Waals surface area contributed by atoms with Crippen LogP contribution in [0.15, 0.2) is 0 Å². The summed E-state index contributed by atoms with van der Waals surface area (Å²) in [5, 5.41) is 9.58. The molecule has 1 fully saturated rings. The predicted octanol–water partition coefficient (Wildman–Crippen LogP) is 13.9. The van der Waals surface area contributed by atoms with Crippen LogP contribution in [0.5, 0.6) is 0 Å². The highest BCUT2D eigenvalue weighted by Gasteiger charge is 2.25. The van der Waals surface area contributed by atoms with Crippen LogP contribution in [0.25, 0.3) is 0 Å². The molecule has 1 aliphatic carbocycles. The number of esters is 2. The van der Waals surface area contributed by atoms with Gasteiger partial charge in [-0.15, -0.1) is 0 Å². The van der Waals surface area contributed by atoms with Gasteiger partial charge in [-0.05, 0) is 82.7 Å². The standard InChI is InChI=1S/C52H102N2O5/c1-6-11-15-19-21-25-32-47(30-23-17-13-8-3)43-51(56)58-45-49(34-27-28-38-54(50-35-29-36-50)40-39-53(37-10-5)41-42-55)46-59-52(57)44-48(31-24-18-14-9-4)33-26-22-20-16-12-7-2/h47-50,55H,6-46H2,1-5H3. The first-order valence-electron chi connectivity index (χ1n) is 26.3. The fourth-order valence-electron chi connectivity index (χ4n) is 9.11. The van der Waals surface area contributed by atoms with E-state index in [0.29, 0.717) is 43.9 Å². The first kappa shape index (κ1) is 55.8. The second kappa shape index (κ2) is 40.9. The molecule has 0 heterocycles. The molecule has 2 unspecified atom stereocenters. The Hall–Kier alpha value is -1.18. The number of unbranched alkanes of at least 4 members (excludes halogenated alkanes) is 17. The largest absolute Gasteiger partial charge is 0.465 e. The minimum absolute atomic E-state index is 0.0350. The molecule has 7 heteroatoms. The monoisotopic (exact) mass is 835 g/mol. The Balaban J connectivity index is 2.87. The summed E-state index contributed by atoms with van der Waals surface area (Å²) in [6.45, 7) is 17.1. The Morgan fingerprint density at radius 3 is 1.29 bits per heavy atom. The molecule has 0 amide bonds. The predicted molar refractivity (Wildman–Crippen MR) is 252 cm³/mol. The lowest BCUT2D eigenvalue weighted by Gasteiger charge is -2.39. The van der Waals surface area contributed by atoms with Crippen LogP contribution in [0, 0.1) is 17.8 Å². The molecule has 7 nitrogen and oxygen atoms in total. The van der Waals surface area contributed by atoms with Crippen molar-refractivity contribution < 1.29 is 24.2 Å². The number of aliphatic hydroxyl groups is 1. The van der Waals surface area contributed by atoms with Gasteiger partial charge in [0.2, 0.25) is 0 Å². The zero-order valence-corrected chi connectivity index (χ0v) is 40.3. The van der Waals surface area contributed by atoms with Crippen molar-refractivity contribution in [1.29, 1.82) is 0 Å². The van der Waals surface area contributed by atoms with Crippen molar-refractivity contribution in [2.24, 2.45) is 17.8 Å². The smallest absolute Gasteiger partial charge is 0.306 e. The average Bonchev–Trinajstić information content (AvgIpc) is 3.20. The maximum atomic E-state index is 13.4. The van der Waals surface area contributed by atoms with Gasteiger partial charge < -0.3 is 14.6 Å². The number of hydrogen-bond acceptors (Lipinski definition) is 7. The van der Waals surface area contributed by atoms with E-state index in [1.165, 1.54) is 148 Å². The quantitative estimate of drug-likeness (QED) is 0.0483. The van der Waals surface area contributed by atoms with Crippen LogP contribution in [0.2, 0.25) is 0 Å². The summed E-state index contributed by atoms with van der Waals surface area (Å²) in [6.07, 6.45) is 38.9. The van der Waals surface area contributed by atoms with Gasteiger partial charge >= 0.3 is 11.9 Å². The Morgan fingerprint density at radius 1 is 0.475 bits per heavy atom. The van der Waals surface area contributed by atoms with Crippen LogP contribution >= 0.6 is 0 Å². The molecule has 0 saturated heterocycles. The minimum atomic E-state index is -0.0606. The molecule has 1 rings (SSSR count). The Labute approximate surface area is 367 Å². The van der Waals surface area contributed by atoms with Crippen molar-refractivity contribution in [2.75, 3.05) is 52.5 Å². The van der Waals surface area contributed by atoms with Crippen molar-refractivity contribution >= 4 is 11.9 Å². The van der Waals surface area contributed by atoms with E-state index in [2.05, 4.69) is 44.4 Å². The van der Waals surface area contributed by atoms with Gasteiger partial charge in [0.25, 0.3) is 0 Å². The molecule has 350 valence electrons. The van der Waals surface area contributed by atoms with E-state index in [-0.39, 0.29) is 24.5 Å². The molecule has 0 aromatic rings. The third-order valence-electron chi connectivity index (χ3n) is 13.3. The number of rotatable bonds is 45. The fraction of sp³-hybridized carbons (Fsp3) is 0.962. The van der Waals surface area contributed by atoms with Gasteiger partial charge in [0.15, 0.2) is 0 Å². The number of nitrogens with zero attached hydrogens (tertiary/aromatic N) is 2. The molecular formula is C52H102N2O5. The molecule has 0 spiro atoms. The summed E-state index contributed by atoms with van der Waals surface area (Å²) in [7, 11) is 0. The van der Waals surface area contributed by atoms with E-state index in [0.717, 1.165) is 84.1 Å². The van der Waals surface area contributed by atoms with Crippen LogP contribution in [0.3, 0.4) is 0 Å². The second-order valence-corrected chi connectivity index (χ2v) is 18.9. The van der Waals surface area contributed by atoms with Gasteiger partial charge in [0, 0.05) is 44.4 Å². The summed E-state index contributed by atoms with van der Waals surface area (Å²) in [5.41, 5.74) is 0. The first-order valence-corrected chi connectivity index (χ1v) is 26.3. The fourth-order valence-corrected chi connectivity index (χ4v) is 9.11. The molecule has 1 N–H and O–H groups in total. The van der Waals surface area contributed by atoms with Crippen molar-refractivity contribution in [3.63, 3.8) is 0 Å². The van der Waals surface area contributed by atoms with Crippen molar-refractivity contribution in [1.82, 2.24) is 9.80 Å². The summed E-state index contributed by atoms with van der Waals surface area (Å²) in [4.78, 5) is 32.0. The SMILES string of the molecule is CCCCCCCCC(CCCCCC)CC(=O)OCC(CCCCN(CCN(CCC)CCO)C1CCC1)COC(=O)CC(CCCCCC)CCCCCCCC. The van der Waals surface area contributed by atoms with E-state index in [4.69, 9.17) is 9.47 Å². The average molecular weight is 835 g/mol. The first-order chi connectivity index (χ1) is 28.9. The third-order valence-corrected chi connectivity index (χ3v) is 13.3. The molecule has 0 aliphatic heterocycles. The molecule has 0 aromatic carbocycles. The third kappa shape index (κ3) is 32.2. The van der Waals surface area contributed by atoms with E-state index >= 15 is 0 Å². The number of hydrogen-bond donors (Lipinski definition) is 1. The molecule has 2 atom stereocenters. The summed E-state index contributed by atoms with van der Waals surface area (Å²) < 4.78 is 12.2. The lowest BCUT2D eigenvalue weighted by molar-refractivity contribution is -0.150. The van der Waals surface area contributed by atoms with Gasteiger partial charge in [-0.1, -0.05) is 176 Å². The summed E-state index contributed by atoms with van der Waals surface area (Å²) in [6, 6.07) is 0.683. The van der Waals surface area contributed by atoms with E-state index in [9.17, 15) is 14.7 Å². The van der Waals surface area contributed by atoms with Crippen LogP contribution in [-0.4, -0.2) is 85.4 Å². The van der Waals surface area contributed by atoms with Gasteiger partial charge in [-0.3, -0.25) is 19.4 Å². The molecule has 1 aliphatic rings.